The van der Waals surface area contributed by atoms with Crippen LogP contribution in [0, 0.1) is 0 Å². The summed E-state index contributed by atoms with van der Waals surface area (Å²) in [5.41, 5.74) is 2.03. The minimum absolute atomic E-state index is 0.0921. The molecule has 26 heavy (non-hydrogen) atoms. The molecule has 0 saturated heterocycles. The molecule has 3 nitrogen and oxygen atoms in total. The van der Waals surface area contributed by atoms with Gasteiger partial charge >= 0.3 is 0 Å². The molecule has 1 aromatic heterocycles. The molecule has 7 heteroatoms. The van der Waals surface area contributed by atoms with Gasteiger partial charge in [0.1, 0.15) is 5.82 Å². The molecule has 1 N–H and O–H groups in total. The van der Waals surface area contributed by atoms with Gasteiger partial charge in [-0.15, -0.1) is 11.8 Å². The van der Waals surface area contributed by atoms with E-state index < -0.39 is 0 Å². The second-order valence-corrected chi connectivity index (χ2v) is 8.52. The Hall–Kier alpha value is -1.17. The third-order valence-electron chi connectivity index (χ3n) is 4.29. The van der Waals surface area contributed by atoms with Gasteiger partial charge in [0, 0.05) is 39.0 Å². The molecular weight excluding hydrogens is 411 g/mol. The Morgan fingerprint density at radius 2 is 2.00 bits per heavy atom. The summed E-state index contributed by atoms with van der Waals surface area (Å²) in [5.74, 6) is 0.935. The van der Waals surface area contributed by atoms with Crippen LogP contribution in [0.4, 0.5) is 0 Å². The lowest BCUT2D eigenvalue weighted by molar-refractivity contribution is 0.0392. The lowest BCUT2D eigenvalue weighted by Gasteiger charge is -2.20. The fraction of sp³-hybridized carbons (Fsp3) is 0.211. The minimum atomic E-state index is -0.0921. The number of benzene rings is 2. The minimum Gasteiger partial charge on any atom is -0.368 e. The van der Waals surface area contributed by atoms with E-state index in [4.69, 9.17) is 39.5 Å². The van der Waals surface area contributed by atoms with Crippen LogP contribution in [0.25, 0.3) is 0 Å². The second-order valence-electron chi connectivity index (χ2n) is 6.02. The first-order chi connectivity index (χ1) is 12.6. The first-order valence-corrected chi connectivity index (χ1v) is 10.1. The van der Waals surface area contributed by atoms with E-state index in [1.807, 2.05) is 30.5 Å². The normalized spacial score (nSPS) is 18.9. The van der Waals surface area contributed by atoms with Crippen LogP contribution in [0.15, 0.2) is 53.7 Å². The molecule has 1 aliphatic rings. The number of thioether (sulfide) groups is 1. The van der Waals surface area contributed by atoms with Gasteiger partial charge < -0.3 is 9.72 Å². The fourth-order valence-electron chi connectivity index (χ4n) is 3.05. The summed E-state index contributed by atoms with van der Waals surface area (Å²) in [6, 6.07) is 11.4. The predicted octanol–water partition coefficient (Wildman–Crippen LogP) is 6.34. The third kappa shape index (κ3) is 3.75. The van der Waals surface area contributed by atoms with Crippen molar-refractivity contribution in [1.29, 1.82) is 0 Å². The Bertz CT molecular complexity index is 917. The lowest BCUT2D eigenvalue weighted by Crippen LogP contribution is -2.17. The van der Waals surface area contributed by atoms with Crippen molar-refractivity contribution in [2.24, 2.45) is 0 Å². The molecule has 0 spiro atoms. The molecule has 0 aliphatic carbocycles. The molecule has 1 aliphatic heterocycles. The Labute approximate surface area is 171 Å². The highest BCUT2D eigenvalue weighted by atomic mass is 35.5. The zero-order valence-corrected chi connectivity index (χ0v) is 16.7. The first-order valence-electron chi connectivity index (χ1n) is 8.10. The molecule has 2 aromatic carbocycles. The van der Waals surface area contributed by atoms with Crippen molar-refractivity contribution in [3.63, 3.8) is 0 Å². The third-order valence-corrected chi connectivity index (χ3v) is 6.72. The number of imidazole rings is 1. The van der Waals surface area contributed by atoms with Crippen LogP contribution >= 0.6 is 46.6 Å². The maximum Gasteiger partial charge on any atom is 0.107 e. The summed E-state index contributed by atoms with van der Waals surface area (Å²) < 4.78 is 6.30. The zero-order chi connectivity index (χ0) is 18.1. The maximum absolute atomic E-state index is 6.41. The highest BCUT2D eigenvalue weighted by molar-refractivity contribution is 8.00. The summed E-state index contributed by atoms with van der Waals surface area (Å²) in [5, 5.41) is 2.16. The Morgan fingerprint density at radius 3 is 2.77 bits per heavy atom. The number of fused-ring (bicyclic) bond motifs is 1. The van der Waals surface area contributed by atoms with E-state index in [1.165, 1.54) is 0 Å². The van der Waals surface area contributed by atoms with Crippen molar-refractivity contribution < 1.29 is 4.74 Å². The number of hydrogen-bond donors (Lipinski definition) is 1. The molecule has 0 fully saturated rings. The number of rotatable bonds is 5. The van der Waals surface area contributed by atoms with Gasteiger partial charge in [-0.05, 0) is 29.3 Å². The van der Waals surface area contributed by atoms with Crippen molar-refractivity contribution in [1.82, 2.24) is 9.97 Å². The summed E-state index contributed by atoms with van der Waals surface area (Å²) in [7, 11) is 0. The van der Waals surface area contributed by atoms with Crippen LogP contribution in [-0.2, 0) is 17.8 Å². The van der Waals surface area contributed by atoms with E-state index in [1.54, 1.807) is 24.0 Å². The molecule has 134 valence electrons. The number of hydrogen-bond acceptors (Lipinski definition) is 3. The molecule has 0 saturated carbocycles. The summed E-state index contributed by atoms with van der Waals surface area (Å²) in [4.78, 5) is 8.60. The van der Waals surface area contributed by atoms with Gasteiger partial charge in [-0.2, -0.15) is 0 Å². The number of ether oxygens (including phenoxy) is 1. The molecule has 4 rings (SSSR count). The van der Waals surface area contributed by atoms with Gasteiger partial charge in [0.2, 0.25) is 0 Å². The lowest BCUT2D eigenvalue weighted by atomic mass is 10.0. The SMILES string of the molecule is Clc1ccc(CO[C@H]2c3cccc(Cl)c3S[C@H]2Cc2ncc[nH]2)c(Cl)c1. The number of nitrogens with zero attached hydrogens (tertiary/aromatic N) is 1. The Kier molecular flexibility index (Phi) is 5.48. The highest BCUT2D eigenvalue weighted by Gasteiger charge is 2.36. The summed E-state index contributed by atoms with van der Waals surface area (Å²) in [6.07, 6.45) is 4.27. The van der Waals surface area contributed by atoms with Gasteiger partial charge in [-0.3, -0.25) is 0 Å². The van der Waals surface area contributed by atoms with Crippen LogP contribution in [0.2, 0.25) is 15.1 Å². The van der Waals surface area contributed by atoms with Gasteiger partial charge in [-0.1, -0.05) is 53.0 Å². The molecular formula is C19H15Cl3N2OS. The van der Waals surface area contributed by atoms with Crippen molar-refractivity contribution in [2.45, 2.75) is 29.3 Å². The Balaban J connectivity index is 1.58. The number of H-pyrrole nitrogens is 1. The molecule has 0 unspecified atom stereocenters. The van der Waals surface area contributed by atoms with Gasteiger partial charge in [-0.25, -0.2) is 4.98 Å². The summed E-state index contributed by atoms with van der Waals surface area (Å²) >= 11 is 20.4. The summed E-state index contributed by atoms with van der Waals surface area (Å²) in [6.45, 7) is 0.405. The number of aromatic nitrogens is 2. The van der Waals surface area contributed by atoms with Gasteiger partial charge in [0.25, 0.3) is 0 Å². The van der Waals surface area contributed by atoms with E-state index >= 15 is 0 Å². The molecule has 0 bridgehead atoms. The Morgan fingerprint density at radius 1 is 1.12 bits per heavy atom. The van der Waals surface area contributed by atoms with Gasteiger partial charge in [0.05, 0.1) is 17.7 Å². The molecule has 2 atom stereocenters. The van der Waals surface area contributed by atoms with Crippen molar-refractivity contribution in [3.05, 3.63) is 80.8 Å². The predicted molar refractivity (Wildman–Crippen MR) is 107 cm³/mol. The number of nitrogens with one attached hydrogen (secondary N) is 1. The molecule has 0 amide bonds. The van der Waals surface area contributed by atoms with E-state index in [0.29, 0.717) is 16.7 Å². The zero-order valence-electron chi connectivity index (χ0n) is 13.6. The van der Waals surface area contributed by atoms with E-state index in [-0.39, 0.29) is 11.4 Å². The van der Waals surface area contributed by atoms with Crippen LogP contribution in [0.3, 0.4) is 0 Å². The van der Waals surface area contributed by atoms with Crippen LogP contribution < -0.4 is 0 Å². The average molecular weight is 426 g/mol. The largest absolute Gasteiger partial charge is 0.368 e. The highest BCUT2D eigenvalue weighted by Crippen LogP contribution is 2.50. The first kappa shape index (κ1) is 18.2. The van der Waals surface area contributed by atoms with Crippen molar-refractivity contribution in [3.8, 4) is 0 Å². The van der Waals surface area contributed by atoms with Crippen molar-refractivity contribution in [2.75, 3.05) is 0 Å². The quantitative estimate of drug-likeness (QED) is 0.518. The van der Waals surface area contributed by atoms with E-state index in [9.17, 15) is 0 Å². The number of halogens is 3. The standard InChI is InChI=1S/C19H15Cl3N2OS/c20-12-5-4-11(15(22)8-12)10-25-18-13-2-1-3-14(21)19(13)26-16(18)9-17-23-6-7-24-17/h1-8,16,18H,9-10H2,(H,23,24)/t16-,18-/m0/s1. The second kappa shape index (κ2) is 7.83. The smallest absolute Gasteiger partial charge is 0.107 e. The average Bonchev–Trinajstić information content (AvgIpc) is 3.23. The van der Waals surface area contributed by atoms with Crippen LogP contribution in [-0.4, -0.2) is 15.2 Å². The molecule has 3 aromatic rings. The topological polar surface area (TPSA) is 37.9 Å². The number of aromatic amines is 1. The van der Waals surface area contributed by atoms with Crippen LogP contribution in [0.5, 0.6) is 0 Å². The van der Waals surface area contributed by atoms with E-state index in [0.717, 1.165) is 33.3 Å². The van der Waals surface area contributed by atoms with Gasteiger partial charge in [0.15, 0.2) is 0 Å². The van der Waals surface area contributed by atoms with E-state index in [2.05, 4.69) is 16.0 Å². The van der Waals surface area contributed by atoms with Crippen molar-refractivity contribution >= 4 is 46.6 Å². The monoisotopic (exact) mass is 424 g/mol. The van der Waals surface area contributed by atoms with Crippen LogP contribution in [0.1, 0.15) is 23.1 Å². The molecule has 2 heterocycles. The fourth-order valence-corrected chi connectivity index (χ4v) is 5.22. The maximum atomic E-state index is 6.41. The molecule has 0 radical (unpaired) electrons.